The van der Waals surface area contributed by atoms with Crippen LogP contribution in [0, 0.1) is 17.6 Å². The minimum absolute atomic E-state index is 0.0125. The number of sulfone groups is 1. The van der Waals surface area contributed by atoms with E-state index < -0.39 is 51.3 Å². The Bertz CT molecular complexity index is 1030. The van der Waals surface area contributed by atoms with Crippen molar-refractivity contribution in [2.75, 3.05) is 24.6 Å². The van der Waals surface area contributed by atoms with Crippen molar-refractivity contribution >= 4 is 15.7 Å². The number of aliphatic hydroxyl groups is 1. The van der Waals surface area contributed by atoms with Crippen LogP contribution in [0.4, 0.5) is 8.78 Å². The molecule has 1 aromatic rings. The van der Waals surface area contributed by atoms with Crippen LogP contribution in [-0.2, 0) is 21.1 Å². The van der Waals surface area contributed by atoms with Crippen LogP contribution < -0.4 is 11.5 Å². The lowest BCUT2D eigenvalue weighted by Gasteiger charge is -2.32. The zero-order valence-electron chi connectivity index (χ0n) is 21.1. The first kappa shape index (κ1) is 30.1. The number of nitrogens with zero attached hydrogens (tertiary/aromatic N) is 1. The number of nitrogens with two attached hydrogens (primary N) is 2. The molecule has 5 N–H and O–H groups in total. The summed E-state index contributed by atoms with van der Waals surface area (Å²) in [5.41, 5.74) is 13.6. The molecule has 0 spiro atoms. The SMILES string of the molecule is CCCCS(=O)(=O)C[C@H](N)C(=O)N(CC1C=C(CC)C=CC1)C[C@@H](O)[C@@H](N)Cc1cc(F)cc(F)c1. The molecule has 1 unspecified atom stereocenters. The van der Waals surface area contributed by atoms with E-state index in [-0.39, 0.29) is 36.7 Å². The fourth-order valence-electron chi connectivity index (χ4n) is 4.25. The molecule has 0 saturated heterocycles. The molecular weight excluding hydrogens is 488 g/mol. The Labute approximate surface area is 213 Å². The second-order valence-electron chi connectivity index (χ2n) is 9.52. The van der Waals surface area contributed by atoms with Gasteiger partial charge >= 0.3 is 0 Å². The molecule has 1 amide bonds. The number of unbranched alkanes of at least 4 members (excludes halogenated alkanes) is 1. The van der Waals surface area contributed by atoms with Crippen molar-refractivity contribution in [1.29, 1.82) is 0 Å². The van der Waals surface area contributed by atoms with Crippen LogP contribution in [-0.4, -0.2) is 67.1 Å². The lowest BCUT2D eigenvalue weighted by atomic mass is 9.94. The van der Waals surface area contributed by atoms with E-state index in [9.17, 15) is 27.1 Å². The zero-order valence-corrected chi connectivity index (χ0v) is 21.9. The summed E-state index contributed by atoms with van der Waals surface area (Å²) in [6, 6.07) is 0.834. The smallest absolute Gasteiger partial charge is 0.240 e. The highest BCUT2D eigenvalue weighted by Gasteiger charge is 2.30. The highest BCUT2D eigenvalue weighted by atomic mass is 32.2. The maximum absolute atomic E-state index is 13.5. The summed E-state index contributed by atoms with van der Waals surface area (Å²) in [4.78, 5) is 14.6. The molecular formula is C26H39F2N3O4S. The van der Waals surface area contributed by atoms with Gasteiger partial charge in [0.25, 0.3) is 0 Å². The van der Waals surface area contributed by atoms with Crippen molar-refractivity contribution in [2.45, 2.75) is 64.1 Å². The molecule has 0 aliphatic heterocycles. The molecule has 0 aromatic heterocycles. The van der Waals surface area contributed by atoms with Crippen LogP contribution in [0.2, 0.25) is 0 Å². The second-order valence-corrected chi connectivity index (χ2v) is 11.8. The highest BCUT2D eigenvalue weighted by Crippen LogP contribution is 2.21. The molecule has 0 saturated carbocycles. The van der Waals surface area contributed by atoms with Gasteiger partial charge in [-0.15, -0.1) is 0 Å². The summed E-state index contributed by atoms with van der Waals surface area (Å²) in [5.74, 6) is -2.63. The molecule has 1 aromatic carbocycles. The molecule has 1 aliphatic carbocycles. The number of allylic oxidation sites excluding steroid dienone is 3. The monoisotopic (exact) mass is 527 g/mol. The number of halogens is 2. The van der Waals surface area contributed by atoms with Crippen LogP contribution >= 0.6 is 0 Å². The van der Waals surface area contributed by atoms with Gasteiger partial charge in [-0.3, -0.25) is 4.79 Å². The van der Waals surface area contributed by atoms with Crippen LogP contribution in [0.5, 0.6) is 0 Å². The van der Waals surface area contributed by atoms with Gasteiger partial charge in [-0.2, -0.15) is 0 Å². The molecule has 4 atom stereocenters. The zero-order chi connectivity index (χ0) is 26.9. The molecule has 1 aliphatic rings. The van der Waals surface area contributed by atoms with Crippen molar-refractivity contribution in [3.63, 3.8) is 0 Å². The van der Waals surface area contributed by atoms with E-state index in [1.54, 1.807) is 0 Å². The van der Waals surface area contributed by atoms with Gasteiger partial charge in [0.1, 0.15) is 11.6 Å². The molecule has 0 fully saturated rings. The number of carbonyl (C=O) groups is 1. The summed E-state index contributed by atoms with van der Waals surface area (Å²) in [7, 11) is -3.51. The fraction of sp³-hybridized carbons (Fsp3) is 0.577. The average molecular weight is 528 g/mol. The Morgan fingerprint density at radius 3 is 2.47 bits per heavy atom. The minimum Gasteiger partial charge on any atom is -0.390 e. The third-order valence-electron chi connectivity index (χ3n) is 6.25. The molecule has 0 heterocycles. The quantitative estimate of drug-likeness (QED) is 0.341. The van der Waals surface area contributed by atoms with E-state index in [0.29, 0.717) is 19.3 Å². The predicted octanol–water partition coefficient (Wildman–Crippen LogP) is 2.48. The van der Waals surface area contributed by atoms with Gasteiger partial charge in [0.2, 0.25) is 5.91 Å². The van der Waals surface area contributed by atoms with Crippen molar-refractivity contribution < 1.29 is 27.1 Å². The van der Waals surface area contributed by atoms with Gasteiger partial charge in [-0.25, -0.2) is 17.2 Å². The Kier molecular flexibility index (Phi) is 11.7. The molecule has 0 radical (unpaired) electrons. The summed E-state index contributed by atoms with van der Waals surface area (Å²) < 4.78 is 51.9. The van der Waals surface area contributed by atoms with Crippen LogP contribution in [0.1, 0.15) is 45.1 Å². The fourth-order valence-corrected chi connectivity index (χ4v) is 5.83. The van der Waals surface area contributed by atoms with E-state index in [2.05, 4.69) is 6.08 Å². The number of hydrogen-bond acceptors (Lipinski definition) is 6. The van der Waals surface area contributed by atoms with Gasteiger partial charge in [0.05, 0.1) is 23.7 Å². The molecule has 36 heavy (non-hydrogen) atoms. The number of rotatable bonds is 14. The molecule has 7 nitrogen and oxygen atoms in total. The van der Waals surface area contributed by atoms with E-state index in [0.717, 1.165) is 30.2 Å². The Hall–Kier alpha value is -2.14. The predicted molar refractivity (Wildman–Crippen MR) is 138 cm³/mol. The van der Waals surface area contributed by atoms with E-state index in [1.165, 1.54) is 4.90 Å². The van der Waals surface area contributed by atoms with E-state index in [1.807, 2.05) is 26.0 Å². The minimum atomic E-state index is -3.51. The Morgan fingerprint density at radius 1 is 1.19 bits per heavy atom. The van der Waals surface area contributed by atoms with E-state index >= 15 is 0 Å². The lowest BCUT2D eigenvalue weighted by molar-refractivity contribution is -0.134. The molecule has 0 bridgehead atoms. The van der Waals surface area contributed by atoms with Crippen molar-refractivity contribution in [2.24, 2.45) is 17.4 Å². The first-order valence-corrected chi connectivity index (χ1v) is 14.3. The van der Waals surface area contributed by atoms with Crippen LogP contribution in [0.3, 0.4) is 0 Å². The first-order chi connectivity index (χ1) is 16.9. The summed E-state index contributed by atoms with van der Waals surface area (Å²) in [5, 5.41) is 10.8. The number of hydrogen-bond donors (Lipinski definition) is 3. The normalized spacial score (nSPS) is 18.4. The molecule has 2 rings (SSSR count). The maximum atomic E-state index is 13.5. The van der Waals surface area contributed by atoms with Gasteiger partial charge < -0.3 is 21.5 Å². The number of amides is 1. The van der Waals surface area contributed by atoms with Gasteiger partial charge in [0.15, 0.2) is 9.84 Å². The maximum Gasteiger partial charge on any atom is 0.240 e. The lowest BCUT2D eigenvalue weighted by Crippen LogP contribution is -2.53. The average Bonchev–Trinajstić information content (AvgIpc) is 2.81. The van der Waals surface area contributed by atoms with Gasteiger partial charge in [0, 0.05) is 25.2 Å². The van der Waals surface area contributed by atoms with Gasteiger partial charge in [-0.05, 0) is 49.3 Å². The second kappa shape index (κ2) is 14.0. The summed E-state index contributed by atoms with van der Waals surface area (Å²) in [6.07, 6.45) is 7.57. The molecule has 202 valence electrons. The van der Waals surface area contributed by atoms with Crippen molar-refractivity contribution in [3.8, 4) is 0 Å². The Balaban J connectivity index is 2.17. The number of carbonyl (C=O) groups excluding carboxylic acids is 1. The highest BCUT2D eigenvalue weighted by molar-refractivity contribution is 7.91. The largest absolute Gasteiger partial charge is 0.390 e. The van der Waals surface area contributed by atoms with Crippen molar-refractivity contribution in [1.82, 2.24) is 4.90 Å². The molecule has 10 heteroatoms. The third kappa shape index (κ3) is 9.72. The Morgan fingerprint density at radius 2 is 1.86 bits per heavy atom. The van der Waals surface area contributed by atoms with Gasteiger partial charge in [-0.1, -0.05) is 44.1 Å². The number of benzene rings is 1. The first-order valence-electron chi connectivity index (χ1n) is 12.4. The summed E-state index contributed by atoms with van der Waals surface area (Å²) in [6.45, 7) is 3.95. The topological polar surface area (TPSA) is 127 Å². The third-order valence-corrected chi connectivity index (χ3v) is 8.03. The van der Waals surface area contributed by atoms with Crippen LogP contribution in [0.15, 0.2) is 42.0 Å². The van der Waals surface area contributed by atoms with Crippen molar-refractivity contribution in [3.05, 3.63) is 59.2 Å². The standard InChI is InChI=1S/C26H39F2N3O4S/c1-3-5-9-36(34,35)17-24(30)26(33)31(15-19-8-6-7-18(4-2)10-19)16-25(32)23(29)13-20-11-21(27)14-22(28)12-20/h6-7,10-12,14,19,23-25,32H,3-5,8-9,13,15-17,29-30H2,1-2H3/t19?,23-,24-,25+/m0/s1. The number of aliphatic hydroxyl groups excluding tert-OH is 1. The summed E-state index contributed by atoms with van der Waals surface area (Å²) >= 11 is 0. The van der Waals surface area contributed by atoms with E-state index in [4.69, 9.17) is 11.5 Å². The van der Waals surface area contributed by atoms with Crippen LogP contribution in [0.25, 0.3) is 0 Å².